The van der Waals surface area contributed by atoms with Gasteiger partial charge in [0.15, 0.2) is 6.29 Å². The molecule has 0 aliphatic rings. The second kappa shape index (κ2) is 16.8. The Morgan fingerprint density at radius 3 is 1.83 bits per heavy atom. The Morgan fingerprint density at radius 2 is 1.42 bits per heavy atom. The normalized spacial score (nSPS) is 15.6. The van der Waals surface area contributed by atoms with Crippen molar-refractivity contribution in [3.05, 3.63) is 0 Å². The van der Waals surface area contributed by atoms with E-state index in [9.17, 15) is 9.59 Å². The summed E-state index contributed by atoms with van der Waals surface area (Å²) < 4.78 is 0. The van der Waals surface area contributed by atoms with Crippen LogP contribution in [0.1, 0.15) is 58.3 Å². The summed E-state index contributed by atoms with van der Waals surface area (Å²) in [5, 5.41) is 51.9. The molecule has 0 fully saturated rings. The van der Waals surface area contributed by atoms with Gasteiger partial charge in [0.25, 0.3) is 0 Å². The highest BCUT2D eigenvalue weighted by Crippen LogP contribution is 2.08. The highest BCUT2D eigenvalue weighted by atomic mass is 16.4. The van der Waals surface area contributed by atoms with Crippen LogP contribution in [0.4, 0.5) is 0 Å². The zero-order valence-corrected chi connectivity index (χ0v) is 14.3. The summed E-state index contributed by atoms with van der Waals surface area (Å²) >= 11 is 0. The van der Waals surface area contributed by atoms with Crippen LogP contribution in [0, 0.1) is 0 Å². The summed E-state index contributed by atoms with van der Waals surface area (Å²) in [6.07, 6.45) is 1.80. The average molecular weight is 352 g/mol. The van der Waals surface area contributed by atoms with Crippen LogP contribution >= 0.6 is 0 Å². The first-order valence-electron chi connectivity index (χ1n) is 8.31. The van der Waals surface area contributed by atoms with Gasteiger partial charge in [-0.2, -0.15) is 0 Å². The van der Waals surface area contributed by atoms with Gasteiger partial charge >= 0.3 is 5.97 Å². The molecule has 0 rings (SSSR count). The third-order valence-corrected chi connectivity index (χ3v) is 3.41. The fraction of sp³-hybridized carbons (Fsp3) is 0.875. The molecule has 0 radical (unpaired) electrons. The van der Waals surface area contributed by atoms with Gasteiger partial charge in [-0.1, -0.05) is 45.4 Å². The first-order valence-corrected chi connectivity index (χ1v) is 8.31. The molecule has 24 heavy (non-hydrogen) atoms. The van der Waals surface area contributed by atoms with E-state index in [-0.39, 0.29) is 6.29 Å². The summed E-state index contributed by atoms with van der Waals surface area (Å²) in [5.41, 5.74) is 0. The van der Waals surface area contributed by atoms with E-state index in [0.29, 0.717) is 6.42 Å². The predicted molar refractivity (Wildman–Crippen MR) is 87.4 cm³/mol. The van der Waals surface area contributed by atoms with E-state index in [2.05, 4.69) is 6.92 Å². The van der Waals surface area contributed by atoms with Crippen LogP contribution in [-0.2, 0) is 9.59 Å². The van der Waals surface area contributed by atoms with E-state index in [0.717, 1.165) is 12.8 Å². The summed E-state index contributed by atoms with van der Waals surface area (Å²) in [5.74, 6) is -0.663. The van der Waals surface area contributed by atoms with Crippen molar-refractivity contribution in [2.45, 2.75) is 82.7 Å². The number of carbonyl (C=O) groups is 2. The van der Waals surface area contributed by atoms with Crippen LogP contribution in [0.15, 0.2) is 0 Å². The van der Waals surface area contributed by atoms with E-state index >= 15 is 0 Å². The smallest absolute Gasteiger partial charge is 0.303 e. The molecule has 144 valence electrons. The van der Waals surface area contributed by atoms with Gasteiger partial charge < -0.3 is 35.4 Å². The van der Waals surface area contributed by atoms with Crippen molar-refractivity contribution in [1.29, 1.82) is 0 Å². The van der Waals surface area contributed by atoms with Gasteiger partial charge in [0.2, 0.25) is 0 Å². The third kappa shape index (κ3) is 14.5. The maximum atomic E-state index is 10.1. The fourth-order valence-electron chi connectivity index (χ4n) is 1.85. The molecule has 0 heterocycles. The predicted octanol–water partition coefficient (Wildman–Crippen LogP) is -0.167. The number of carbonyl (C=O) groups excluding carboxylic acids is 1. The van der Waals surface area contributed by atoms with Crippen molar-refractivity contribution in [3.63, 3.8) is 0 Å². The zero-order chi connectivity index (χ0) is 19.0. The van der Waals surface area contributed by atoms with E-state index in [1.54, 1.807) is 0 Å². The molecule has 0 saturated heterocycles. The highest BCUT2D eigenvalue weighted by molar-refractivity contribution is 5.66. The molecule has 0 aliphatic carbocycles. The van der Waals surface area contributed by atoms with Crippen LogP contribution in [0.5, 0.6) is 0 Å². The highest BCUT2D eigenvalue weighted by Gasteiger charge is 2.29. The van der Waals surface area contributed by atoms with E-state index in [4.69, 9.17) is 30.6 Å². The fourth-order valence-corrected chi connectivity index (χ4v) is 1.85. The number of aliphatic carboxylic acids is 1. The summed E-state index contributed by atoms with van der Waals surface area (Å²) in [7, 11) is 0. The standard InChI is InChI=1S/C10H20O2.C6H12O6/c1-2-3-4-5-6-7-8-9-10(11)12;7-1-3(9)5(11)6(12)4(10)2-8/h2-9H2,1H3,(H,11,12);1,3-6,8-12H,2H2/t;3-,4+,5+,6+/m.0/s1. The maximum absolute atomic E-state index is 10.1. The number of aliphatic hydroxyl groups excluding tert-OH is 5. The van der Waals surface area contributed by atoms with Gasteiger partial charge in [0, 0.05) is 6.42 Å². The summed E-state index contributed by atoms with van der Waals surface area (Å²) in [4.78, 5) is 20.0. The average Bonchev–Trinajstić information content (AvgIpc) is 2.58. The topological polar surface area (TPSA) is 156 Å². The molecule has 8 heteroatoms. The number of hydrogen-bond donors (Lipinski definition) is 6. The lowest BCUT2D eigenvalue weighted by Crippen LogP contribution is -2.46. The Bertz CT molecular complexity index is 310. The van der Waals surface area contributed by atoms with Crippen molar-refractivity contribution in [1.82, 2.24) is 0 Å². The Hall–Kier alpha value is -1.06. The minimum Gasteiger partial charge on any atom is -0.481 e. The van der Waals surface area contributed by atoms with Crippen molar-refractivity contribution in [2.75, 3.05) is 6.61 Å². The van der Waals surface area contributed by atoms with Gasteiger partial charge in [-0.25, -0.2) is 0 Å². The van der Waals surface area contributed by atoms with Gasteiger partial charge in [-0.05, 0) is 6.42 Å². The maximum Gasteiger partial charge on any atom is 0.303 e. The lowest BCUT2D eigenvalue weighted by atomic mass is 10.0. The first kappa shape index (κ1) is 25.2. The second-order valence-electron chi connectivity index (χ2n) is 5.62. The monoisotopic (exact) mass is 352 g/mol. The molecular formula is C16H32O8. The molecule has 0 unspecified atom stereocenters. The molecule has 0 aromatic heterocycles. The Balaban J connectivity index is 0. The number of aldehydes is 1. The summed E-state index contributed by atoms with van der Waals surface area (Å²) in [6, 6.07) is 0. The number of hydrogen-bond acceptors (Lipinski definition) is 7. The van der Waals surface area contributed by atoms with Crippen molar-refractivity contribution >= 4 is 12.3 Å². The van der Waals surface area contributed by atoms with Gasteiger partial charge in [-0.15, -0.1) is 0 Å². The van der Waals surface area contributed by atoms with Crippen LogP contribution < -0.4 is 0 Å². The number of aliphatic hydroxyl groups is 5. The van der Waals surface area contributed by atoms with E-state index in [1.807, 2.05) is 0 Å². The Labute approximate surface area is 142 Å². The molecule has 8 nitrogen and oxygen atoms in total. The second-order valence-corrected chi connectivity index (χ2v) is 5.62. The molecule has 0 bridgehead atoms. The number of carboxylic acid groups (broad SMARTS) is 1. The minimum absolute atomic E-state index is 0.0258. The first-order chi connectivity index (χ1) is 11.3. The Morgan fingerprint density at radius 1 is 0.917 bits per heavy atom. The quantitative estimate of drug-likeness (QED) is 0.197. The molecule has 0 spiro atoms. The van der Waals surface area contributed by atoms with E-state index in [1.165, 1.54) is 32.1 Å². The molecule has 0 aliphatic heterocycles. The molecule has 0 amide bonds. The largest absolute Gasteiger partial charge is 0.481 e. The third-order valence-electron chi connectivity index (χ3n) is 3.41. The number of rotatable bonds is 13. The van der Waals surface area contributed by atoms with Crippen LogP contribution in [-0.4, -0.2) is 73.9 Å². The SMILES string of the molecule is CCCCCCCCCC(=O)O.O=C[C@H](O)[C@@H](O)[C@H](O)[C@H](O)CO. The van der Waals surface area contributed by atoms with Crippen molar-refractivity contribution in [2.24, 2.45) is 0 Å². The van der Waals surface area contributed by atoms with Crippen LogP contribution in [0.3, 0.4) is 0 Å². The van der Waals surface area contributed by atoms with Crippen LogP contribution in [0.25, 0.3) is 0 Å². The molecule has 0 aromatic rings. The zero-order valence-electron chi connectivity index (χ0n) is 14.3. The lowest BCUT2D eigenvalue weighted by molar-refractivity contribution is -0.137. The van der Waals surface area contributed by atoms with Crippen LogP contribution in [0.2, 0.25) is 0 Å². The van der Waals surface area contributed by atoms with Crippen molar-refractivity contribution in [3.8, 4) is 0 Å². The summed E-state index contributed by atoms with van der Waals surface area (Å²) in [6.45, 7) is 1.44. The minimum atomic E-state index is -1.79. The number of unbranched alkanes of at least 4 members (excludes halogenated alkanes) is 6. The van der Waals surface area contributed by atoms with Crippen molar-refractivity contribution < 1.29 is 40.2 Å². The number of carboxylic acids is 1. The van der Waals surface area contributed by atoms with E-state index < -0.39 is 37.0 Å². The molecule has 0 aromatic carbocycles. The Kier molecular flexibility index (Phi) is 17.6. The van der Waals surface area contributed by atoms with Gasteiger partial charge in [0.05, 0.1) is 6.61 Å². The van der Waals surface area contributed by atoms with Gasteiger partial charge in [-0.3, -0.25) is 4.79 Å². The molecule has 0 saturated carbocycles. The lowest BCUT2D eigenvalue weighted by Gasteiger charge is -2.22. The molecule has 6 N–H and O–H groups in total. The molecular weight excluding hydrogens is 320 g/mol. The van der Waals surface area contributed by atoms with Gasteiger partial charge in [0.1, 0.15) is 24.4 Å². The molecule has 4 atom stereocenters.